The summed E-state index contributed by atoms with van der Waals surface area (Å²) in [6, 6.07) is 16.3. The number of benzene rings is 2. The summed E-state index contributed by atoms with van der Waals surface area (Å²) in [6.07, 6.45) is 1.31. The van der Waals surface area contributed by atoms with Crippen LogP contribution >= 0.6 is 0 Å². The second-order valence-corrected chi connectivity index (χ2v) is 6.51. The lowest BCUT2D eigenvalue weighted by atomic mass is 10.1. The highest BCUT2D eigenvalue weighted by Crippen LogP contribution is 2.35. The quantitative estimate of drug-likeness (QED) is 0.714. The van der Waals surface area contributed by atoms with Crippen LogP contribution in [0.4, 0.5) is 0 Å². The molecule has 3 aromatic rings. The molecule has 25 heavy (non-hydrogen) atoms. The number of hydrogen-bond donors (Lipinski definition) is 0. The molecule has 0 atom stereocenters. The van der Waals surface area contributed by atoms with Gasteiger partial charge in [0.2, 0.25) is 0 Å². The van der Waals surface area contributed by atoms with Crippen LogP contribution in [0.2, 0.25) is 0 Å². The lowest BCUT2D eigenvalue weighted by molar-refractivity contribution is -0.121. The second-order valence-electron chi connectivity index (χ2n) is 6.51. The SMILES string of the molecule is COc1cc(CN2CCC(=O)CC2)cc2cc(-c3ccccc3)oc12. The molecule has 0 spiro atoms. The van der Waals surface area contributed by atoms with E-state index in [1.165, 1.54) is 5.56 Å². The zero-order valence-corrected chi connectivity index (χ0v) is 14.3. The molecule has 1 aromatic heterocycles. The lowest BCUT2D eigenvalue weighted by Gasteiger charge is -2.25. The Balaban J connectivity index is 1.66. The number of methoxy groups -OCH3 is 1. The van der Waals surface area contributed by atoms with Gasteiger partial charge in [0.1, 0.15) is 11.5 Å². The van der Waals surface area contributed by atoms with E-state index in [9.17, 15) is 4.79 Å². The fraction of sp³-hybridized carbons (Fsp3) is 0.286. The van der Waals surface area contributed by atoms with Gasteiger partial charge in [-0.2, -0.15) is 0 Å². The van der Waals surface area contributed by atoms with E-state index in [1.807, 2.05) is 36.4 Å². The number of furan rings is 1. The summed E-state index contributed by atoms with van der Waals surface area (Å²) >= 11 is 0. The number of likely N-dealkylation sites (tertiary alicyclic amines) is 1. The molecule has 4 heteroatoms. The predicted molar refractivity (Wildman–Crippen MR) is 97.7 cm³/mol. The van der Waals surface area contributed by atoms with Crippen LogP contribution in [0.15, 0.2) is 52.9 Å². The summed E-state index contributed by atoms with van der Waals surface area (Å²) in [6.45, 7) is 2.49. The fourth-order valence-corrected chi connectivity index (χ4v) is 3.39. The first kappa shape index (κ1) is 15.9. The van der Waals surface area contributed by atoms with E-state index in [4.69, 9.17) is 9.15 Å². The molecule has 0 unspecified atom stereocenters. The molecule has 2 aromatic carbocycles. The minimum atomic E-state index is 0.367. The third kappa shape index (κ3) is 3.30. The normalized spacial score (nSPS) is 15.6. The van der Waals surface area contributed by atoms with Crippen LogP contribution in [0.1, 0.15) is 18.4 Å². The Kier molecular flexibility index (Phi) is 4.28. The molecule has 4 rings (SSSR count). The van der Waals surface area contributed by atoms with Crippen LogP contribution in [-0.4, -0.2) is 30.9 Å². The zero-order valence-electron chi connectivity index (χ0n) is 14.3. The molecule has 0 radical (unpaired) electrons. The van der Waals surface area contributed by atoms with Gasteiger partial charge >= 0.3 is 0 Å². The molecule has 0 amide bonds. The topological polar surface area (TPSA) is 42.7 Å². The third-order valence-corrected chi connectivity index (χ3v) is 4.74. The Labute approximate surface area is 147 Å². The number of carbonyl (C=O) groups is 1. The van der Waals surface area contributed by atoms with Crippen molar-refractivity contribution in [3.8, 4) is 17.1 Å². The second kappa shape index (κ2) is 6.73. The average Bonchev–Trinajstić information content (AvgIpc) is 3.08. The minimum absolute atomic E-state index is 0.367. The molecular weight excluding hydrogens is 314 g/mol. The first-order chi connectivity index (χ1) is 12.2. The molecule has 0 saturated carbocycles. The van der Waals surface area contributed by atoms with Gasteiger partial charge in [0.15, 0.2) is 11.3 Å². The van der Waals surface area contributed by atoms with Crippen molar-refractivity contribution in [3.63, 3.8) is 0 Å². The highest BCUT2D eigenvalue weighted by Gasteiger charge is 2.18. The molecule has 4 nitrogen and oxygen atoms in total. The van der Waals surface area contributed by atoms with Crippen molar-refractivity contribution in [2.24, 2.45) is 0 Å². The summed E-state index contributed by atoms with van der Waals surface area (Å²) in [7, 11) is 1.67. The van der Waals surface area contributed by atoms with Gasteiger partial charge in [-0.15, -0.1) is 0 Å². The summed E-state index contributed by atoms with van der Waals surface area (Å²) in [4.78, 5) is 13.7. The molecule has 0 bridgehead atoms. The molecule has 0 aliphatic carbocycles. The molecule has 128 valence electrons. The van der Waals surface area contributed by atoms with Gasteiger partial charge < -0.3 is 9.15 Å². The maximum absolute atomic E-state index is 11.4. The Bertz CT molecular complexity index is 888. The third-order valence-electron chi connectivity index (χ3n) is 4.74. The van der Waals surface area contributed by atoms with Crippen molar-refractivity contribution >= 4 is 16.8 Å². The van der Waals surface area contributed by atoms with Crippen LogP contribution in [0.5, 0.6) is 5.75 Å². The van der Waals surface area contributed by atoms with E-state index in [0.717, 1.165) is 47.7 Å². The van der Waals surface area contributed by atoms with E-state index < -0.39 is 0 Å². The van der Waals surface area contributed by atoms with Crippen LogP contribution < -0.4 is 4.74 Å². The van der Waals surface area contributed by atoms with Gasteiger partial charge in [0, 0.05) is 43.4 Å². The highest BCUT2D eigenvalue weighted by molar-refractivity contribution is 5.88. The largest absolute Gasteiger partial charge is 0.493 e. The fourth-order valence-electron chi connectivity index (χ4n) is 3.39. The maximum atomic E-state index is 11.4. The lowest BCUT2D eigenvalue weighted by Crippen LogP contribution is -2.33. The van der Waals surface area contributed by atoms with Crippen molar-refractivity contribution in [1.29, 1.82) is 0 Å². The summed E-state index contributed by atoms with van der Waals surface area (Å²) in [5.41, 5.74) is 3.01. The monoisotopic (exact) mass is 335 g/mol. The van der Waals surface area contributed by atoms with E-state index in [0.29, 0.717) is 18.6 Å². The minimum Gasteiger partial charge on any atom is -0.493 e. The molecule has 1 fully saturated rings. The van der Waals surface area contributed by atoms with Gasteiger partial charge in [-0.1, -0.05) is 30.3 Å². The number of hydrogen-bond acceptors (Lipinski definition) is 4. The van der Waals surface area contributed by atoms with E-state index in [2.05, 4.69) is 17.0 Å². The molecular formula is C21H21NO3. The number of carbonyl (C=O) groups excluding carboxylic acids is 1. The number of ketones is 1. The number of Topliss-reactive ketones (excluding diaryl/α,β-unsaturated/α-hetero) is 1. The number of piperidine rings is 1. The van der Waals surface area contributed by atoms with Crippen molar-refractivity contribution in [3.05, 3.63) is 54.1 Å². The summed E-state index contributed by atoms with van der Waals surface area (Å²) < 4.78 is 11.6. The first-order valence-electron chi connectivity index (χ1n) is 8.63. The Morgan fingerprint density at radius 1 is 1.08 bits per heavy atom. The molecule has 1 aliphatic heterocycles. The highest BCUT2D eigenvalue weighted by atomic mass is 16.5. The predicted octanol–water partition coefficient (Wildman–Crippen LogP) is 4.27. The molecule has 0 N–H and O–H groups in total. The number of fused-ring (bicyclic) bond motifs is 1. The van der Waals surface area contributed by atoms with Gasteiger partial charge in [-0.05, 0) is 23.8 Å². The van der Waals surface area contributed by atoms with Gasteiger partial charge in [-0.25, -0.2) is 0 Å². The maximum Gasteiger partial charge on any atom is 0.176 e. The Morgan fingerprint density at radius 2 is 1.84 bits per heavy atom. The van der Waals surface area contributed by atoms with Crippen molar-refractivity contribution in [2.75, 3.05) is 20.2 Å². The number of ether oxygens (including phenoxy) is 1. The van der Waals surface area contributed by atoms with Crippen molar-refractivity contribution in [2.45, 2.75) is 19.4 Å². The van der Waals surface area contributed by atoms with E-state index >= 15 is 0 Å². The molecule has 2 heterocycles. The standard InChI is InChI=1S/C21H21NO3/c1-24-20-12-15(14-22-9-7-18(23)8-10-22)11-17-13-19(25-21(17)20)16-5-3-2-4-6-16/h2-6,11-13H,7-10,14H2,1H3. The molecule has 1 aliphatic rings. The van der Waals surface area contributed by atoms with Gasteiger partial charge in [-0.3, -0.25) is 9.69 Å². The zero-order chi connectivity index (χ0) is 17.2. The van der Waals surface area contributed by atoms with E-state index in [1.54, 1.807) is 7.11 Å². The Hall–Kier alpha value is -2.59. The van der Waals surface area contributed by atoms with Crippen LogP contribution in [0.3, 0.4) is 0 Å². The van der Waals surface area contributed by atoms with Crippen molar-refractivity contribution < 1.29 is 13.9 Å². The smallest absolute Gasteiger partial charge is 0.176 e. The van der Waals surface area contributed by atoms with Crippen molar-refractivity contribution in [1.82, 2.24) is 4.90 Å². The summed E-state index contributed by atoms with van der Waals surface area (Å²) in [5.74, 6) is 1.96. The first-order valence-corrected chi connectivity index (χ1v) is 8.63. The average molecular weight is 335 g/mol. The van der Waals surface area contributed by atoms with Gasteiger partial charge in [0.05, 0.1) is 7.11 Å². The van der Waals surface area contributed by atoms with Gasteiger partial charge in [0.25, 0.3) is 0 Å². The number of nitrogens with zero attached hydrogens (tertiary/aromatic N) is 1. The molecule has 1 saturated heterocycles. The van der Waals surface area contributed by atoms with Crippen LogP contribution in [0, 0.1) is 0 Å². The summed E-state index contributed by atoms with van der Waals surface area (Å²) in [5, 5.41) is 1.04. The van der Waals surface area contributed by atoms with E-state index in [-0.39, 0.29) is 0 Å². The van der Waals surface area contributed by atoms with Crippen LogP contribution in [0.25, 0.3) is 22.3 Å². The Morgan fingerprint density at radius 3 is 2.56 bits per heavy atom. The van der Waals surface area contributed by atoms with Crippen LogP contribution in [-0.2, 0) is 11.3 Å². The number of rotatable bonds is 4.